The van der Waals surface area contributed by atoms with Gasteiger partial charge in [0, 0.05) is 23.0 Å². The zero-order valence-corrected chi connectivity index (χ0v) is 10.0. The Morgan fingerprint density at radius 1 is 0.909 bits per heavy atom. The normalized spacial score (nSPS) is 24.8. The lowest BCUT2D eigenvalue weighted by Gasteiger charge is -2.11. The molecule has 0 aromatic rings. The van der Waals surface area contributed by atoms with E-state index >= 15 is 0 Å². The van der Waals surface area contributed by atoms with Gasteiger partial charge >= 0.3 is 0 Å². The van der Waals surface area contributed by atoms with Gasteiger partial charge in [-0.25, -0.2) is 0 Å². The molecule has 0 unspecified atom stereocenters. The highest BCUT2D eigenvalue weighted by molar-refractivity contribution is 8.77. The van der Waals surface area contributed by atoms with E-state index in [0.717, 1.165) is 5.92 Å². The fourth-order valence-electron chi connectivity index (χ4n) is 0.671. The lowest BCUT2D eigenvalue weighted by Crippen LogP contribution is -2.00. The zero-order chi connectivity index (χ0) is 7.94. The molecule has 66 valence electrons. The van der Waals surface area contributed by atoms with Crippen molar-refractivity contribution >= 4 is 43.2 Å². The third kappa shape index (κ3) is 5.61. The average molecular weight is 226 g/mol. The summed E-state index contributed by atoms with van der Waals surface area (Å²) in [6.07, 6.45) is 1.38. The molecule has 0 spiro atoms. The summed E-state index contributed by atoms with van der Waals surface area (Å²) in [5, 5.41) is 0. The Kier molecular flexibility index (Phi) is 6.54. The molecule has 0 aliphatic carbocycles. The molecule has 4 heteroatoms. The van der Waals surface area contributed by atoms with Crippen molar-refractivity contribution in [2.45, 2.75) is 13.3 Å². The van der Waals surface area contributed by atoms with Crippen molar-refractivity contribution in [3.8, 4) is 0 Å². The molecule has 0 amide bonds. The molecule has 1 rings (SSSR count). The Morgan fingerprint density at radius 2 is 1.45 bits per heavy atom. The quantitative estimate of drug-likeness (QED) is 0.576. The molecule has 0 radical (unpaired) electrons. The summed E-state index contributed by atoms with van der Waals surface area (Å²) in [5.74, 6) is 6.23. The molecule has 0 saturated carbocycles. The molecule has 0 aromatic heterocycles. The largest absolute Gasteiger partial charge is 0.0941 e. The van der Waals surface area contributed by atoms with E-state index in [9.17, 15) is 0 Å². The van der Waals surface area contributed by atoms with E-state index in [4.69, 9.17) is 0 Å². The molecule has 11 heavy (non-hydrogen) atoms. The van der Waals surface area contributed by atoms with Crippen LogP contribution in [0, 0.1) is 5.92 Å². The fraction of sp³-hybridized carbons (Fsp3) is 1.00. The Morgan fingerprint density at radius 3 is 2.00 bits per heavy atom. The second-order valence-electron chi connectivity index (χ2n) is 2.67. The van der Waals surface area contributed by atoms with Crippen LogP contribution in [0.1, 0.15) is 13.3 Å². The number of hydrogen-bond acceptors (Lipinski definition) is 4. The highest BCUT2D eigenvalue weighted by Gasteiger charge is 2.05. The Bertz CT molecular complexity index is 86.4. The molecule has 0 nitrogen and oxygen atoms in total. The smallest absolute Gasteiger partial charge is 0.00708 e. The van der Waals surface area contributed by atoms with Crippen LogP contribution in [0.25, 0.3) is 0 Å². The van der Waals surface area contributed by atoms with Gasteiger partial charge in [-0.3, -0.25) is 0 Å². The molecular weight excluding hydrogens is 212 g/mol. The van der Waals surface area contributed by atoms with Crippen LogP contribution in [-0.2, 0) is 0 Å². The van der Waals surface area contributed by atoms with Crippen molar-refractivity contribution in [1.29, 1.82) is 0 Å². The van der Waals surface area contributed by atoms with Crippen molar-refractivity contribution in [3.05, 3.63) is 0 Å². The lowest BCUT2D eigenvalue weighted by atomic mass is 10.3. The summed E-state index contributed by atoms with van der Waals surface area (Å²) in [6.45, 7) is 2.35. The fourth-order valence-corrected chi connectivity index (χ4v) is 6.04. The topological polar surface area (TPSA) is 0 Å². The van der Waals surface area contributed by atoms with Gasteiger partial charge in [-0.15, -0.1) is 0 Å². The molecule has 1 saturated heterocycles. The molecular formula is C7H14S4. The highest BCUT2D eigenvalue weighted by atomic mass is 33.1. The second-order valence-corrected chi connectivity index (χ2v) is 7.93. The molecule has 0 atom stereocenters. The average Bonchev–Trinajstić information content (AvgIpc) is 2.03. The third-order valence-electron chi connectivity index (χ3n) is 1.33. The number of hydrogen-bond donors (Lipinski definition) is 0. The van der Waals surface area contributed by atoms with Gasteiger partial charge in [-0.05, 0) is 12.3 Å². The minimum atomic E-state index is 0.892. The number of rotatable bonds is 0. The van der Waals surface area contributed by atoms with Gasteiger partial charge in [-0.1, -0.05) is 50.1 Å². The predicted molar refractivity (Wildman–Crippen MR) is 63.6 cm³/mol. The van der Waals surface area contributed by atoms with E-state index in [-0.39, 0.29) is 0 Å². The van der Waals surface area contributed by atoms with Gasteiger partial charge in [-0.2, -0.15) is 0 Å². The molecule has 1 fully saturated rings. The molecule has 0 bridgehead atoms. The molecule has 0 N–H and O–H groups in total. The Labute approximate surface area is 85.2 Å². The van der Waals surface area contributed by atoms with E-state index in [1.165, 1.54) is 29.4 Å². The molecule has 1 aliphatic rings. The maximum atomic E-state index is 2.35. The molecule has 1 heterocycles. The maximum absolute atomic E-state index is 2.35. The maximum Gasteiger partial charge on any atom is 0.00708 e. The van der Waals surface area contributed by atoms with Crippen molar-refractivity contribution in [3.63, 3.8) is 0 Å². The minimum Gasteiger partial charge on any atom is -0.0941 e. The molecule has 1 aliphatic heterocycles. The van der Waals surface area contributed by atoms with Crippen LogP contribution >= 0.6 is 43.2 Å². The van der Waals surface area contributed by atoms with Gasteiger partial charge in [0.2, 0.25) is 0 Å². The standard InChI is InChI=1S/C7H14S4/c1-7-5-10-8-3-2-4-9-11-6-7/h7H,2-6H2,1H3. The van der Waals surface area contributed by atoms with Crippen molar-refractivity contribution < 1.29 is 0 Å². The van der Waals surface area contributed by atoms with Crippen LogP contribution in [-0.4, -0.2) is 23.0 Å². The summed E-state index contributed by atoms with van der Waals surface area (Å²) < 4.78 is 0. The van der Waals surface area contributed by atoms with Crippen molar-refractivity contribution in [1.82, 2.24) is 0 Å². The van der Waals surface area contributed by atoms with E-state index in [2.05, 4.69) is 28.5 Å². The van der Waals surface area contributed by atoms with Crippen molar-refractivity contribution in [2.24, 2.45) is 5.92 Å². The van der Waals surface area contributed by atoms with E-state index in [1.807, 2.05) is 21.6 Å². The highest BCUT2D eigenvalue weighted by Crippen LogP contribution is 2.32. The first-order valence-corrected chi connectivity index (χ1v) is 8.86. The summed E-state index contributed by atoms with van der Waals surface area (Å²) in [5.41, 5.74) is 0. The van der Waals surface area contributed by atoms with E-state index in [1.54, 1.807) is 0 Å². The van der Waals surface area contributed by atoms with Crippen LogP contribution in [0.3, 0.4) is 0 Å². The molecule has 0 aromatic carbocycles. The Balaban J connectivity index is 2.12. The first kappa shape index (κ1) is 10.5. The summed E-state index contributed by atoms with van der Waals surface area (Å²) >= 11 is 0. The van der Waals surface area contributed by atoms with Crippen LogP contribution in [0.15, 0.2) is 0 Å². The van der Waals surface area contributed by atoms with Crippen molar-refractivity contribution in [2.75, 3.05) is 23.0 Å². The first-order chi connectivity index (χ1) is 5.39. The van der Waals surface area contributed by atoms with Gasteiger partial charge < -0.3 is 0 Å². The SMILES string of the molecule is CC1CSSCCCSSC1. The van der Waals surface area contributed by atoms with E-state index in [0.29, 0.717) is 0 Å². The van der Waals surface area contributed by atoms with E-state index < -0.39 is 0 Å². The van der Waals surface area contributed by atoms with Crippen LogP contribution < -0.4 is 0 Å². The third-order valence-corrected chi connectivity index (χ3v) is 6.80. The van der Waals surface area contributed by atoms with Gasteiger partial charge in [0.25, 0.3) is 0 Å². The predicted octanol–water partition coefficient (Wildman–Crippen LogP) is 3.79. The van der Waals surface area contributed by atoms with Crippen LogP contribution in [0.4, 0.5) is 0 Å². The van der Waals surface area contributed by atoms with Crippen LogP contribution in [0.5, 0.6) is 0 Å². The van der Waals surface area contributed by atoms with Gasteiger partial charge in [0.05, 0.1) is 0 Å². The van der Waals surface area contributed by atoms with Gasteiger partial charge in [0.15, 0.2) is 0 Å². The summed E-state index contributed by atoms with van der Waals surface area (Å²) in [6, 6.07) is 0. The lowest BCUT2D eigenvalue weighted by molar-refractivity contribution is 0.768. The Hall–Kier alpha value is 1.40. The minimum absolute atomic E-state index is 0.892. The van der Waals surface area contributed by atoms with Crippen LogP contribution in [0.2, 0.25) is 0 Å². The zero-order valence-electron chi connectivity index (χ0n) is 6.75. The summed E-state index contributed by atoms with van der Waals surface area (Å²) in [7, 11) is 8.21. The summed E-state index contributed by atoms with van der Waals surface area (Å²) in [4.78, 5) is 0. The second kappa shape index (κ2) is 6.87. The van der Waals surface area contributed by atoms with Gasteiger partial charge in [0.1, 0.15) is 0 Å². The monoisotopic (exact) mass is 226 g/mol. The first-order valence-electron chi connectivity index (χ1n) is 3.88.